The van der Waals surface area contributed by atoms with Crippen LogP contribution in [0.5, 0.6) is 0 Å². The number of hydrogen-bond acceptors (Lipinski definition) is 3. The van der Waals surface area contributed by atoms with Crippen LogP contribution in [0.4, 0.5) is 20.2 Å². The number of nitrogens with zero attached hydrogens (tertiary/aromatic N) is 1. The number of carbonyl (C=O) groups excluding carboxylic acids is 1. The molecule has 0 aromatic heterocycles. The van der Waals surface area contributed by atoms with E-state index in [4.69, 9.17) is 23.2 Å². The minimum Gasteiger partial charge on any atom is -0.322 e. The first-order valence-corrected chi connectivity index (χ1v) is 10.7. The number of anilines is 2. The van der Waals surface area contributed by atoms with E-state index in [0.29, 0.717) is 6.07 Å². The van der Waals surface area contributed by atoms with Gasteiger partial charge in [-0.2, -0.15) is 0 Å². The van der Waals surface area contributed by atoms with Crippen molar-refractivity contribution in [1.29, 1.82) is 0 Å². The molecule has 3 rings (SSSR count). The molecule has 0 aliphatic heterocycles. The first kappa shape index (κ1) is 22.0. The van der Waals surface area contributed by atoms with Crippen molar-refractivity contribution in [2.75, 3.05) is 16.2 Å². The third-order valence-corrected chi connectivity index (χ3v) is 6.31. The molecule has 0 fully saturated rings. The maximum absolute atomic E-state index is 13.9. The van der Waals surface area contributed by atoms with E-state index in [1.165, 1.54) is 42.5 Å². The van der Waals surface area contributed by atoms with Crippen LogP contribution < -0.4 is 9.62 Å². The Balaban J connectivity index is 1.98. The van der Waals surface area contributed by atoms with Gasteiger partial charge in [-0.25, -0.2) is 17.2 Å². The SMILES string of the molecule is O=C(CN(c1ccc(Cl)cc1Cl)S(=O)(=O)c1ccccc1)Nc1ccc(F)cc1F. The van der Waals surface area contributed by atoms with Crippen LogP contribution in [-0.2, 0) is 14.8 Å². The summed E-state index contributed by atoms with van der Waals surface area (Å²) >= 11 is 12.1. The highest BCUT2D eigenvalue weighted by atomic mass is 35.5. The standard InChI is InChI=1S/C20H14Cl2F2N2O3S/c21-13-6-9-19(16(22)10-13)26(30(28,29)15-4-2-1-3-5-15)12-20(27)25-18-8-7-14(23)11-17(18)24/h1-11H,12H2,(H,25,27). The first-order valence-electron chi connectivity index (χ1n) is 8.46. The van der Waals surface area contributed by atoms with Gasteiger partial charge in [0.05, 0.1) is 21.3 Å². The summed E-state index contributed by atoms with van der Waals surface area (Å²) in [6, 6.07) is 14.2. The Bertz CT molecular complexity index is 1190. The van der Waals surface area contributed by atoms with Gasteiger partial charge in [0.25, 0.3) is 10.0 Å². The van der Waals surface area contributed by atoms with Gasteiger partial charge >= 0.3 is 0 Å². The second-order valence-corrected chi connectivity index (χ2v) is 8.80. The van der Waals surface area contributed by atoms with Gasteiger partial charge in [0.1, 0.15) is 18.2 Å². The van der Waals surface area contributed by atoms with Gasteiger partial charge in [-0.15, -0.1) is 0 Å². The molecule has 0 saturated heterocycles. The van der Waals surface area contributed by atoms with E-state index in [9.17, 15) is 22.0 Å². The van der Waals surface area contributed by atoms with Crippen molar-refractivity contribution in [3.05, 3.63) is 88.4 Å². The van der Waals surface area contributed by atoms with Gasteiger partial charge in [0.15, 0.2) is 0 Å². The summed E-state index contributed by atoms with van der Waals surface area (Å²) in [6.45, 7) is -0.713. The van der Waals surface area contributed by atoms with Gasteiger partial charge in [0, 0.05) is 11.1 Å². The Morgan fingerprint density at radius 3 is 2.30 bits per heavy atom. The predicted molar refractivity (Wildman–Crippen MR) is 112 cm³/mol. The van der Waals surface area contributed by atoms with Crippen LogP contribution in [0.2, 0.25) is 10.0 Å². The largest absolute Gasteiger partial charge is 0.322 e. The maximum Gasteiger partial charge on any atom is 0.264 e. The van der Waals surface area contributed by atoms with E-state index < -0.39 is 34.1 Å². The summed E-state index contributed by atoms with van der Waals surface area (Å²) in [6.07, 6.45) is 0. The topological polar surface area (TPSA) is 66.5 Å². The van der Waals surface area contributed by atoms with Crippen LogP contribution in [0.25, 0.3) is 0 Å². The van der Waals surface area contributed by atoms with Crippen molar-refractivity contribution >= 4 is 50.5 Å². The van der Waals surface area contributed by atoms with Crippen LogP contribution >= 0.6 is 23.2 Å². The van der Waals surface area contributed by atoms with E-state index >= 15 is 0 Å². The molecule has 1 amide bonds. The second kappa shape index (κ2) is 8.99. The summed E-state index contributed by atoms with van der Waals surface area (Å²) < 4.78 is 54.1. The monoisotopic (exact) mass is 470 g/mol. The van der Waals surface area contributed by atoms with Crippen molar-refractivity contribution < 1.29 is 22.0 Å². The van der Waals surface area contributed by atoms with Crippen LogP contribution in [-0.4, -0.2) is 20.9 Å². The molecule has 30 heavy (non-hydrogen) atoms. The van der Waals surface area contributed by atoms with Crippen LogP contribution in [0, 0.1) is 11.6 Å². The molecule has 5 nitrogen and oxygen atoms in total. The van der Waals surface area contributed by atoms with Gasteiger partial charge < -0.3 is 5.32 Å². The number of rotatable bonds is 6. The average Bonchev–Trinajstić information content (AvgIpc) is 2.69. The summed E-state index contributed by atoms with van der Waals surface area (Å²) in [4.78, 5) is 12.5. The fourth-order valence-electron chi connectivity index (χ4n) is 2.61. The summed E-state index contributed by atoms with van der Waals surface area (Å²) in [5.41, 5.74) is -0.277. The number of halogens is 4. The molecule has 0 atom stereocenters. The quantitative estimate of drug-likeness (QED) is 0.544. The number of sulfonamides is 1. The minimum atomic E-state index is -4.20. The van der Waals surface area contributed by atoms with Gasteiger partial charge in [0.2, 0.25) is 5.91 Å². The van der Waals surface area contributed by atoms with Gasteiger partial charge in [-0.05, 0) is 42.5 Å². The second-order valence-electron chi connectivity index (χ2n) is 6.09. The zero-order valence-corrected chi connectivity index (χ0v) is 17.5. The number of carbonyl (C=O) groups is 1. The van der Waals surface area contributed by atoms with E-state index in [-0.39, 0.29) is 26.3 Å². The van der Waals surface area contributed by atoms with Crippen LogP contribution in [0.1, 0.15) is 0 Å². The van der Waals surface area contributed by atoms with Crippen molar-refractivity contribution in [2.24, 2.45) is 0 Å². The van der Waals surface area contributed by atoms with Crippen LogP contribution in [0.15, 0.2) is 71.6 Å². The minimum absolute atomic E-state index is 0.00256. The molecule has 0 saturated carbocycles. The highest BCUT2D eigenvalue weighted by molar-refractivity contribution is 7.92. The van der Waals surface area contributed by atoms with Crippen molar-refractivity contribution in [1.82, 2.24) is 0 Å². The smallest absolute Gasteiger partial charge is 0.264 e. The number of nitrogens with one attached hydrogen (secondary N) is 1. The Morgan fingerprint density at radius 2 is 1.67 bits per heavy atom. The first-order chi connectivity index (χ1) is 14.2. The molecule has 0 radical (unpaired) electrons. The molecule has 0 bridgehead atoms. The Hall–Kier alpha value is -2.68. The fourth-order valence-corrected chi connectivity index (χ4v) is 4.64. The van der Waals surface area contributed by atoms with E-state index in [2.05, 4.69) is 5.32 Å². The van der Waals surface area contributed by atoms with Gasteiger partial charge in [-0.3, -0.25) is 9.10 Å². The maximum atomic E-state index is 13.9. The summed E-state index contributed by atoms with van der Waals surface area (Å²) in [5, 5.41) is 2.52. The predicted octanol–water partition coefficient (Wildman–Crippen LogP) is 5.11. The lowest BCUT2D eigenvalue weighted by Crippen LogP contribution is -2.38. The number of hydrogen-bond donors (Lipinski definition) is 1. The molecular formula is C20H14Cl2F2N2O3S. The lowest BCUT2D eigenvalue weighted by Gasteiger charge is -2.25. The number of benzene rings is 3. The van der Waals surface area contributed by atoms with E-state index in [0.717, 1.165) is 16.4 Å². The summed E-state index contributed by atoms with van der Waals surface area (Å²) in [5.74, 6) is -2.66. The molecule has 0 unspecified atom stereocenters. The molecule has 10 heteroatoms. The molecule has 156 valence electrons. The van der Waals surface area contributed by atoms with Crippen molar-refractivity contribution in [2.45, 2.75) is 4.90 Å². The molecule has 0 aliphatic rings. The van der Waals surface area contributed by atoms with Crippen molar-refractivity contribution in [3.63, 3.8) is 0 Å². The third-order valence-electron chi connectivity index (χ3n) is 4.00. The zero-order valence-electron chi connectivity index (χ0n) is 15.2. The highest BCUT2D eigenvalue weighted by Crippen LogP contribution is 2.32. The Kier molecular flexibility index (Phi) is 6.60. The van der Waals surface area contributed by atoms with Gasteiger partial charge in [-0.1, -0.05) is 41.4 Å². The zero-order chi connectivity index (χ0) is 21.9. The van der Waals surface area contributed by atoms with Crippen LogP contribution in [0.3, 0.4) is 0 Å². The van der Waals surface area contributed by atoms with Crippen molar-refractivity contribution in [3.8, 4) is 0 Å². The lowest BCUT2D eigenvalue weighted by atomic mass is 10.3. The molecule has 0 spiro atoms. The summed E-state index contributed by atoms with van der Waals surface area (Å²) in [7, 11) is -4.20. The molecule has 0 heterocycles. The average molecular weight is 471 g/mol. The lowest BCUT2D eigenvalue weighted by molar-refractivity contribution is -0.114. The Labute approximate surface area is 181 Å². The molecule has 1 N–H and O–H groups in total. The number of amides is 1. The van der Waals surface area contributed by atoms with E-state index in [1.54, 1.807) is 6.07 Å². The molecule has 3 aromatic carbocycles. The highest BCUT2D eigenvalue weighted by Gasteiger charge is 2.29. The molecule has 0 aliphatic carbocycles. The Morgan fingerprint density at radius 1 is 0.967 bits per heavy atom. The molecule has 3 aromatic rings. The normalized spacial score (nSPS) is 11.2. The van der Waals surface area contributed by atoms with E-state index in [1.807, 2.05) is 0 Å². The fraction of sp³-hybridized carbons (Fsp3) is 0.0500. The third kappa shape index (κ3) is 4.89. The molecular weight excluding hydrogens is 457 g/mol.